The van der Waals surface area contributed by atoms with E-state index in [-0.39, 0.29) is 11.3 Å². The summed E-state index contributed by atoms with van der Waals surface area (Å²) in [6, 6.07) is 1.99. The highest BCUT2D eigenvalue weighted by molar-refractivity contribution is 9.10. The molecule has 0 aromatic carbocycles. The van der Waals surface area contributed by atoms with Crippen LogP contribution < -0.4 is 5.32 Å². The van der Waals surface area contributed by atoms with Crippen LogP contribution in [0.5, 0.6) is 0 Å². The van der Waals surface area contributed by atoms with E-state index >= 15 is 0 Å². The Morgan fingerprint density at radius 3 is 2.79 bits per heavy atom. The molecular weight excluding hydrogens is 346 g/mol. The zero-order valence-electron chi connectivity index (χ0n) is 11.3. The lowest BCUT2D eigenvalue weighted by Crippen LogP contribution is -2.40. The number of rotatable bonds is 4. The predicted molar refractivity (Wildman–Crippen MR) is 84.6 cm³/mol. The molecule has 1 aromatic rings. The Kier molecular flexibility index (Phi) is 5.09. The number of nitrogens with one attached hydrogen (secondary N) is 1. The third kappa shape index (κ3) is 3.40. The van der Waals surface area contributed by atoms with Gasteiger partial charge in [-0.2, -0.15) is 0 Å². The summed E-state index contributed by atoms with van der Waals surface area (Å²) in [5.74, 6) is 0.335. The van der Waals surface area contributed by atoms with Crippen molar-refractivity contribution in [2.75, 3.05) is 12.3 Å². The van der Waals surface area contributed by atoms with Gasteiger partial charge in [-0.3, -0.25) is 0 Å². The molecule has 19 heavy (non-hydrogen) atoms. The van der Waals surface area contributed by atoms with Gasteiger partial charge in [0.2, 0.25) is 0 Å². The van der Waals surface area contributed by atoms with Crippen molar-refractivity contribution in [3.8, 4) is 0 Å². The van der Waals surface area contributed by atoms with E-state index in [9.17, 15) is 8.42 Å². The van der Waals surface area contributed by atoms with Crippen molar-refractivity contribution in [3.63, 3.8) is 0 Å². The van der Waals surface area contributed by atoms with Crippen LogP contribution in [0.2, 0.25) is 0 Å². The van der Waals surface area contributed by atoms with E-state index in [1.54, 1.807) is 11.3 Å². The highest BCUT2D eigenvalue weighted by Crippen LogP contribution is 2.38. The normalized spacial score (nSPS) is 24.3. The maximum Gasteiger partial charge on any atom is 0.155 e. The number of hydrogen-bond donors (Lipinski definition) is 1. The molecule has 0 radical (unpaired) electrons. The van der Waals surface area contributed by atoms with Crippen LogP contribution in [0.3, 0.4) is 0 Å². The summed E-state index contributed by atoms with van der Waals surface area (Å²) in [4.78, 5) is 2.33. The lowest BCUT2D eigenvalue weighted by Gasteiger charge is -2.30. The largest absolute Gasteiger partial charge is 0.308 e. The fourth-order valence-corrected chi connectivity index (χ4v) is 6.89. The second-order valence-corrected chi connectivity index (χ2v) is 9.49. The van der Waals surface area contributed by atoms with E-state index in [1.807, 2.05) is 6.92 Å². The molecule has 0 saturated carbocycles. The van der Waals surface area contributed by atoms with E-state index in [2.05, 4.69) is 34.2 Å². The Balaban J connectivity index is 2.37. The van der Waals surface area contributed by atoms with Gasteiger partial charge in [-0.1, -0.05) is 13.3 Å². The van der Waals surface area contributed by atoms with Gasteiger partial charge in [-0.05, 0) is 48.3 Å². The first kappa shape index (κ1) is 15.5. The smallest absolute Gasteiger partial charge is 0.155 e. The van der Waals surface area contributed by atoms with Gasteiger partial charge in [0.15, 0.2) is 9.84 Å². The van der Waals surface area contributed by atoms with Crippen LogP contribution in [-0.4, -0.2) is 26.0 Å². The van der Waals surface area contributed by atoms with Gasteiger partial charge in [-0.15, -0.1) is 11.3 Å². The second-order valence-electron chi connectivity index (χ2n) is 5.01. The quantitative estimate of drug-likeness (QED) is 0.888. The molecule has 0 amide bonds. The third-order valence-electron chi connectivity index (χ3n) is 3.54. The van der Waals surface area contributed by atoms with E-state index in [1.165, 1.54) is 4.88 Å². The Bertz CT molecular complexity index is 539. The van der Waals surface area contributed by atoms with E-state index < -0.39 is 9.84 Å². The Morgan fingerprint density at radius 1 is 1.53 bits per heavy atom. The zero-order valence-corrected chi connectivity index (χ0v) is 14.5. The van der Waals surface area contributed by atoms with Gasteiger partial charge in [0.05, 0.1) is 17.0 Å². The molecular formula is C13H20BrNO2S2. The van der Waals surface area contributed by atoms with Crippen molar-refractivity contribution in [1.82, 2.24) is 5.32 Å². The standard InChI is InChI=1S/C13H20BrNO2S2/c1-3-15-12(13-10(14)8-9(2)18-13)11-6-4-5-7-19(11,16)17/h8,11-12,15H,3-7H2,1-2H3. The van der Waals surface area contributed by atoms with Crippen molar-refractivity contribution >= 4 is 37.1 Å². The molecule has 3 nitrogen and oxygen atoms in total. The van der Waals surface area contributed by atoms with Gasteiger partial charge in [0, 0.05) is 14.2 Å². The van der Waals surface area contributed by atoms with Gasteiger partial charge >= 0.3 is 0 Å². The van der Waals surface area contributed by atoms with Crippen molar-refractivity contribution in [1.29, 1.82) is 0 Å². The number of halogens is 1. The third-order valence-corrected chi connectivity index (χ3v) is 7.88. The fourth-order valence-electron chi connectivity index (χ4n) is 2.68. The van der Waals surface area contributed by atoms with Crippen molar-refractivity contribution in [3.05, 3.63) is 20.3 Å². The minimum absolute atomic E-state index is 0.0802. The molecule has 1 N–H and O–H groups in total. The topological polar surface area (TPSA) is 46.2 Å². The molecule has 6 heteroatoms. The van der Waals surface area contributed by atoms with Crippen molar-refractivity contribution < 1.29 is 8.42 Å². The molecule has 1 saturated heterocycles. The molecule has 0 aliphatic carbocycles. The maximum atomic E-state index is 12.3. The Morgan fingerprint density at radius 2 is 2.26 bits per heavy atom. The van der Waals surface area contributed by atoms with Crippen molar-refractivity contribution in [2.24, 2.45) is 0 Å². The van der Waals surface area contributed by atoms with Crippen LogP contribution >= 0.6 is 27.3 Å². The molecule has 0 spiro atoms. The lowest BCUT2D eigenvalue weighted by molar-refractivity contribution is 0.457. The highest BCUT2D eigenvalue weighted by Gasteiger charge is 2.37. The predicted octanol–water partition coefficient (Wildman–Crippen LogP) is 3.44. The van der Waals surface area contributed by atoms with Gasteiger partial charge in [-0.25, -0.2) is 8.42 Å². The SMILES string of the molecule is CCNC(c1sc(C)cc1Br)C1CCCCS1(=O)=O. The number of hydrogen-bond acceptors (Lipinski definition) is 4. The summed E-state index contributed by atoms with van der Waals surface area (Å²) in [6.07, 6.45) is 2.58. The first-order chi connectivity index (χ1) is 8.95. The number of sulfone groups is 1. The fraction of sp³-hybridized carbons (Fsp3) is 0.692. The average molecular weight is 366 g/mol. The first-order valence-electron chi connectivity index (χ1n) is 6.66. The van der Waals surface area contributed by atoms with Gasteiger partial charge in [0.1, 0.15) is 0 Å². The molecule has 0 bridgehead atoms. The summed E-state index contributed by atoms with van der Waals surface area (Å²) in [6.45, 7) is 4.86. The minimum Gasteiger partial charge on any atom is -0.308 e. The summed E-state index contributed by atoms with van der Waals surface area (Å²) in [7, 11) is -2.98. The second kappa shape index (κ2) is 6.24. The first-order valence-corrected chi connectivity index (χ1v) is 9.99. The molecule has 1 aliphatic heterocycles. The number of thiophene rings is 1. The average Bonchev–Trinajstić information content (AvgIpc) is 2.65. The molecule has 2 heterocycles. The minimum atomic E-state index is -2.98. The maximum absolute atomic E-state index is 12.3. The molecule has 2 unspecified atom stereocenters. The molecule has 1 fully saturated rings. The zero-order chi connectivity index (χ0) is 14.0. The van der Waals surface area contributed by atoms with E-state index in [0.29, 0.717) is 5.75 Å². The van der Waals surface area contributed by atoms with E-state index in [0.717, 1.165) is 35.2 Å². The van der Waals surface area contributed by atoms with Crippen LogP contribution in [-0.2, 0) is 9.84 Å². The molecule has 2 rings (SSSR count). The van der Waals surface area contributed by atoms with Gasteiger partial charge < -0.3 is 5.32 Å². The van der Waals surface area contributed by atoms with Crippen LogP contribution in [0.4, 0.5) is 0 Å². The van der Waals surface area contributed by atoms with Crippen LogP contribution in [0.15, 0.2) is 10.5 Å². The van der Waals surface area contributed by atoms with Gasteiger partial charge in [0.25, 0.3) is 0 Å². The van der Waals surface area contributed by atoms with E-state index in [4.69, 9.17) is 0 Å². The number of aryl methyl sites for hydroxylation is 1. The lowest BCUT2D eigenvalue weighted by atomic mass is 10.1. The highest BCUT2D eigenvalue weighted by atomic mass is 79.9. The summed E-state index contributed by atoms with van der Waals surface area (Å²) in [5.41, 5.74) is 0. The van der Waals surface area contributed by atoms with Crippen LogP contribution in [0.1, 0.15) is 42.0 Å². The van der Waals surface area contributed by atoms with Crippen LogP contribution in [0.25, 0.3) is 0 Å². The monoisotopic (exact) mass is 365 g/mol. The molecule has 1 aliphatic rings. The molecule has 2 atom stereocenters. The molecule has 108 valence electrons. The summed E-state index contributed by atoms with van der Waals surface area (Å²) >= 11 is 5.25. The molecule has 1 aromatic heterocycles. The summed E-state index contributed by atoms with van der Waals surface area (Å²) < 4.78 is 25.7. The van der Waals surface area contributed by atoms with Crippen LogP contribution in [0, 0.1) is 6.92 Å². The van der Waals surface area contributed by atoms with Crippen molar-refractivity contribution in [2.45, 2.75) is 44.4 Å². The Labute approximate surface area is 127 Å². The summed E-state index contributed by atoms with van der Waals surface area (Å²) in [5, 5.41) is 3.10. The Hall–Kier alpha value is 0.0900.